The number of hydrogen-bond acceptors (Lipinski definition) is 9. The third kappa shape index (κ3) is 5.18. The van der Waals surface area contributed by atoms with Crippen molar-refractivity contribution in [1.29, 1.82) is 0 Å². The van der Waals surface area contributed by atoms with Gasteiger partial charge in [0, 0.05) is 6.08 Å². The highest BCUT2D eigenvalue weighted by Gasteiger charge is 2.59. The average Bonchev–Trinajstić information content (AvgIpc) is 3.34. The van der Waals surface area contributed by atoms with Gasteiger partial charge in [0.05, 0.1) is 23.3 Å². The third-order valence-corrected chi connectivity index (χ3v) is 6.01. The van der Waals surface area contributed by atoms with Crippen LogP contribution in [0.5, 0.6) is 0 Å². The Morgan fingerprint density at radius 3 is 1.63 bits per heavy atom. The summed E-state index contributed by atoms with van der Waals surface area (Å²) in [6.45, 7) is -0.317. The van der Waals surface area contributed by atoms with Crippen molar-refractivity contribution in [2.45, 2.75) is 24.1 Å². The first-order valence-corrected chi connectivity index (χ1v) is 11.8. The van der Waals surface area contributed by atoms with E-state index in [4.69, 9.17) is 23.7 Å². The number of esters is 4. The van der Waals surface area contributed by atoms with Crippen LogP contribution in [0.1, 0.15) is 31.1 Å². The van der Waals surface area contributed by atoms with Crippen LogP contribution in [0.25, 0.3) is 0 Å². The van der Waals surface area contributed by atoms with Gasteiger partial charge >= 0.3 is 23.9 Å². The van der Waals surface area contributed by atoms with E-state index < -0.39 is 48.0 Å². The fraction of sp³-hybridized carbons (Fsp3) is 0.172. The number of rotatable bonds is 6. The number of carbonyl (C=O) groups excluding carboxylic acids is 4. The first-order chi connectivity index (χ1) is 18.4. The van der Waals surface area contributed by atoms with Gasteiger partial charge in [-0.2, -0.15) is 0 Å². The Kier molecular flexibility index (Phi) is 7.01. The van der Waals surface area contributed by atoms with Crippen molar-refractivity contribution in [2.75, 3.05) is 6.61 Å². The van der Waals surface area contributed by atoms with E-state index in [2.05, 4.69) is 0 Å². The van der Waals surface area contributed by atoms with Crippen LogP contribution >= 0.6 is 0 Å². The van der Waals surface area contributed by atoms with E-state index in [1.54, 1.807) is 78.9 Å². The number of hydrogen-bond donors (Lipinski definition) is 0. The molecule has 0 saturated carbocycles. The predicted molar refractivity (Wildman–Crippen MR) is 131 cm³/mol. The highest BCUT2D eigenvalue weighted by molar-refractivity contribution is 5.91. The molecule has 0 bridgehead atoms. The monoisotopic (exact) mass is 514 g/mol. The maximum Gasteiger partial charge on any atom is 0.338 e. The molecule has 9 heteroatoms. The molecule has 0 unspecified atom stereocenters. The molecule has 192 valence electrons. The molecule has 1 spiro atoms. The van der Waals surface area contributed by atoms with Crippen LogP contribution in [0.15, 0.2) is 103 Å². The molecule has 3 aromatic rings. The van der Waals surface area contributed by atoms with Gasteiger partial charge in [-0.3, -0.25) is 0 Å². The van der Waals surface area contributed by atoms with Crippen molar-refractivity contribution in [1.82, 2.24) is 0 Å². The molecule has 1 fully saturated rings. The molecular weight excluding hydrogens is 492 g/mol. The molecule has 3 aromatic carbocycles. The number of benzene rings is 3. The maximum atomic E-state index is 13.1. The molecule has 0 amide bonds. The molecule has 38 heavy (non-hydrogen) atoms. The standard InChI is InChI=1S/C29H22O9/c30-23-16-17-29(38-23)25(37-28(33)21-14-8-3-9-15-21)24(36-27(32)20-12-6-2-7-13-20)22(18-34-29)35-26(31)19-10-4-1-5-11-19/h1-17,22,24-25H,18H2/t22-,24+,25-,29-/m0/s1. The predicted octanol–water partition coefficient (Wildman–Crippen LogP) is 3.50. The van der Waals surface area contributed by atoms with Crippen LogP contribution in [0.2, 0.25) is 0 Å². The summed E-state index contributed by atoms with van der Waals surface area (Å²) >= 11 is 0. The highest BCUT2D eigenvalue weighted by Crippen LogP contribution is 2.38. The van der Waals surface area contributed by atoms with Gasteiger partial charge in [0.25, 0.3) is 5.79 Å². The second-order valence-corrected chi connectivity index (χ2v) is 8.52. The van der Waals surface area contributed by atoms with Crippen molar-refractivity contribution in [3.8, 4) is 0 Å². The Morgan fingerprint density at radius 2 is 1.16 bits per heavy atom. The maximum absolute atomic E-state index is 13.1. The van der Waals surface area contributed by atoms with Crippen molar-refractivity contribution in [3.05, 3.63) is 120 Å². The lowest BCUT2D eigenvalue weighted by Gasteiger charge is -2.44. The lowest BCUT2D eigenvalue weighted by molar-refractivity contribution is -0.294. The van der Waals surface area contributed by atoms with Crippen molar-refractivity contribution < 1.29 is 42.9 Å². The Morgan fingerprint density at radius 1 is 0.684 bits per heavy atom. The summed E-state index contributed by atoms with van der Waals surface area (Å²) < 4.78 is 28.5. The molecule has 9 nitrogen and oxygen atoms in total. The van der Waals surface area contributed by atoms with E-state index in [0.717, 1.165) is 6.08 Å². The molecule has 2 aliphatic rings. The minimum atomic E-state index is -1.89. The summed E-state index contributed by atoms with van der Waals surface area (Å²) in [6.07, 6.45) is -1.70. The lowest BCUT2D eigenvalue weighted by Crippen LogP contribution is -2.64. The van der Waals surface area contributed by atoms with Gasteiger partial charge in [0.1, 0.15) is 0 Å². The second-order valence-electron chi connectivity index (χ2n) is 8.52. The van der Waals surface area contributed by atoms with E-state index in [-0.39, 0.29) is 23.3 Å². The fourth-order valence-corrected chi connectivity index (χ4v) is 4.14. The van der Waals surface area contributed by atoms with E-state index >= 15 is 0 Å². The quantitative estimate of drug-likeness (QED) is 0.360. The smallest absolute Gasteiger partial charge is 0.338 e. The largest absolute Gasteiger partial charge is 0.452 e. The minimum absolute atomic E-state index is 0.201. The molecule has 0 radical (unpaired) electrons. The van der Waals surface area contributed by atoms with Gasteiger partial charge in [-0.1, -0.05) is 54.6 Å². The third-order valence-electron chi connectivity index (χ3n) is 6.01. The van der Waals surface area contributed by atoms with Gasteiger partial charge < -0.3 is 23.7 Å². The van der Waals surface area contributed by atoms with Crippen LogP contribution in [-0.2, 0) is 28.5 Å². The Bertz CT molecular complexity index is 1350. The molecule has 5 rings (SSSR count). The van der Waals surface area contributed by atoms with E-state index in [9.17, 15) is 19.2 Å². The Hall–Kier alpha value is -4.76. The van der Waals surface area contributed by atoms with E-state index in [0.29, 0.717) is 0 Å². The van der Waals surface area contributed by atoms with Crippen LogP contribution in [0.3, 0.4) is 0 Å². The molecular formula is C29H22O9. The molecule has 0 aromatic heterocycles. The van der Waals surface area contributed by atoms with Gasteiger partial charge in [-0.25, -0.2) is 19.2 Å². The number of ether oxygens (including phenoxy) is 5. The Balaban J connectivity index is 1.50. The summed E-state index contributed by atoms with van der Waals surface area (Å²) in [5, 5.41) is 0. The van der Waals surface area contributed by atoms with Crippen LogP contribution < -0.4 is 0 Å². The normalized spacial score (nSPS) is 23.9. The van der Waals surface area contributed by atoms with Crippen molar-refractivity contribution >= 4 is 23.9 Å². The summed E-state index contributed by atoms with van der Waals surface area (Å²) in [5.41, 5.74) is 0.673. The highest BCUT2D eigenvalue weighted by atomic mass is 16.8. The summed E-state index contributed by atoms with van der Waals surface area (Å²) in [5.74, 6) is -4.88. The van der Waals surface area contributed by atoms with Crippen molar-refractivity contribution in [3.63, 3.8) is 0 Å². The molecule has 0 aliphatic carbocycles. The van der Waals surface area contributed by atoms with Gasteiger partial charge in [-0.05, 0) is 42.5 Å². The van der Waals surface area contributed by atoms with E-state index in [1.165, 1.54) is 18.2 Å². The second kappa shape index (κ2) is 10.7. The minimum Gasteiger partial charge on any atom is -0.452 e. The zero-order valence-electron chi connectivity index (χ0n) is 19.9. The fourth-order valence-electron chi connectivity index (χ4n) is 4.14. The molecule has 1 saturated heterocycles. The summed E-state index contributed by atoms with van der Waals surface area (Å²) in [4.78, 5) is 51.2. The Labute approximate surface area is 217 Å². The zero-order chi connectivity index (χ0) is 26.5. The van der Waals surface area contributed by atoms with Gasteiger partial charge in [0.15, 0.2) is 12.2 Å². The van der Waals surface area contributed by atoms with Crippen LogP contribution in [0, 0.1) is 0 Å². The van der Waals surface area contributed by atoms with Gasteiger partial charge in [-0.15, -0.1) is 0 Å². The first-order valence-electron chi connectivity index (χ1n) is 11.8. The van der Waals surface area contributed by atoms with Crippen LogP contribution in [-0.4, -0.2) is 54.6 Å². The average molecular weight is 514 g/mol. The zero-order valence-corrected chi connectivity index (χ0v) is 19.9. The van der Waals surface area contributed by atoms with Crippen LogP contribution in [0.4, 0.5) is 0 Å². The first kappa shape index (κ1) is 24.9. The molecule has 4 atom stereocenters. The van der Waals surface area contributed by atoms with Crippen molar-refractivity contribution in [2.24, 2.45) is 0 Å². The van der Waals surface area contributed by atoms with Gasteiger partial charge in [0.2, 0.25) is 6.10 Å². The topological polar surface area (TPSA) is 114 Å². The summed E-state index contributed by atoms with van der Waals surface area (Å²) in [7, 11) is 0. The molecule has 0 N–H and O–H groups in total. The SMILES string of the molecule is O=C1C=C[C@]2(OC[C@H](OC(=O)c3ccccc3)[C@@H](OC(=O)c3ccccc3)[C@@H]2OC(=O)c2ccccc2)O1. The number of carbonyl (C=O) groups is 4. The lowest BCUT2D eigenvalue weighted by atomic mass is 9.95. The molecule has 2 aliphatic heterocycles. The molecule has 2 heterocycles. The van der Waals surface area contributed by atoms with E-state index in [1.807, 2.05) is 0 Å². The summed E-state index contributed by atoms with van der Waals surface area (Å²) in [6, 6.07) is 24.4.